The highest BCUT2D eigenvalue weighted by Gasteiger charge is 2.49. The Morgan fingerprint density at radius 1 is 1.14 bits per heavy atom. The zero-order chi connectivity index (χ0) is 19.7. The Kier molecular flexibility index (Phi) is 4.37. The molecule has 0 spiro atoms. The van der Waals surface area contributed by atoms with Gasteiger partial charge in [-0.1, -0.05) is 18.0 Å². The molecule has 1 aromatic rings. The lowest BCUT2D eigenvalue weighted by Crippen LogP contribution is -2.65. The molecule has 1 saturated carbocycles. The first-order valence-corrected chi connectivity index (χ1v) is 11.7. The molecule has 29 heavy (non-hydrogen) atoms. The lowest BCUT2D eigenvalue weighted by Gasteiger charge is -2.57. The lowest BCUT2D eigenvalue weighted by molar-refractivity contribution is -0.110. The van der Waals surface area contributed by atoms with E-state index in [-0.39, 0.29) is 24.2 Å². The van der Waals surface area contributed by atoms with Crippen LogP contribution in [0.4, 0.5) is 0 Å². The molecular formula is C23H29ClN2O3. The summed E-state index contributed by atoms with van der Waals surface area (Å²) < 4.78 is 6.28. The molecule has 156 valence electrons. The molecule has 1 aliphatic carbocycles. The molecule has 1 aromatic carbocycles. The number of ether oxygens (including phenoxy) is 1. The largest absolute Gasteiger partial charge is 0.489 e. The number of aliphatic hydroxyl groups excluding tert-OH is 1. The second-order valence-electron chi connectivity index (χ2n) is 9.86. The van der Waals surface area contributed by atoms with E-state index in [1.54, 1.807) is 6.07 Å². The summed E-state index contributed by atoms with van der Waals surface area (Å²) in [6.07, 6.45) is 8.69. The van der Waals surface area contributed by atoms with Gasteiger partial charge in [0.15, 0.2) is 0 Å². The molecular weight excluding hydrogens is 388 g/mol. The minimum Gasteiger partial charge on any atom is -0.489 e. The fraction of sp³-hybridized carbons (Fsp3) is 0.696. The predicted octanol–water partition coefficient (Wildman–Crippen LogP) is 3.47. The van der Waals surface area contributed by atoms with Crippen molar-refractivity contribution in [3.8, 4) is 5.75 Å². The summed E-state index contributed by atoms with van der Waals surface area (Å²) in [7, 11) is 0. The summed E-state index contributed by atoms with van der Waals surface area (Å²) >= 11 is 6.41. The molecule has 5 heterocycles. The molecule has 6 aliphatic rings. The number of carbonyl (C=O) groups excluding carboxylic acids is 1. The summed E-state index contributed by atoms with van der Waals surface area (Å²) in [6, 6.07) is 4.95. The van der Waals surface area contributed by atoms with Gasteiger partial charge >= 0.3 is 0 Å². The maximum absolute atomic E-state index is 13.3. The number of amides is 1. The highest BCUT2D eigenvalue weighted by atomic mass is 35.5. The van der Waals surface area contributed by atoms with Crippen molar-refractivity contribution in [2.75, 3.05) is 6.54 Å². The van der Waals surface area contributed by atoms with Crippen molar-refractivity contribution < 1.29 is 14.6 Å². The Balaban J connectivity index is 1.21. The maximum atomic E-state index is 13.3. The minimum absolute atomic E-state index is 0.0486. The van der Waals surface area contributed by atoms with Crippen LogP contribution in [0.2, 0.25) is 5.02 Å². The monoisotopic (exact) mass is 416 g/mol. The van der Waals surface area contributed by atoms with Crippen LogP contribution in [0.5, 0.6) is 5.75 Å². The molecule has 4 saturated heterocycles. The first kappa shape index (κ1) is 18.5. The number of hydrogen-bond acceptors (Lipinski definition) is 4. The molecule has 5 unspecified atom stereocenters. The normalized spacial score (nSPS) is 42.0. The van der Waals surface area contributed by atoms with Gasteiger partial charge < -0.3 is 15.2 Å². The topological polar surface area (TPSA) is 61.8 Å². The van der Waals surface area contributed by atoms with Crippen LogP contribution in [0.1, 0.15) is 73.2 Å². The molecule has 5 atom stereocenters. The Hall–Kier alpha value is -1.30. The van der Waals surface area contributed by atoms with E-state index in [0.717, 1.165) is 56.4 Å². The number of nitrogens with zero attached hydrogens (tertiary/aromatic N) is 1. The fourth-order valence-corrected chi connectivity index (χ4v) is 7.10. The Morgan fingerprint density at radius 2 is 1.90 bits per heavy atom. The number of fused-ring (bicyclic) bond motifs is 4. The second-order valence-corrected chi connectivity index (χ2v) is 10.3. The zero-order valence-corrected chi connectivity index (χ0v) is 17.4. The van der Waals surface area contributed by atoms with Crippen LogP contribution >= 0.6 is 11.6 Å². The summed E-state index contributed by atoms with van der Waals surface area (Å²) in [6.45, 7) is 0.805. The molecule has 6 heteroatoms. The Labute approximate surface area is 176 Å². The van der Waals surface area contributed by atoms with E-state index >= 15 is 0 Å². The van der Waals surface area contributed by atoms with Gasteiger partial charge in [0.1, 0.15) is 11.9 Å². The van der Waals surface area contributed by atoms with Crippen molar-refractivity contribution in [2.45, 2.75) is 87.6 Å². The van der Waals surface area contributed by atoms with Crippen molar-refractivity contribution >= 4 is 17.5 Å². The lowest BCUT2D eigenvalue weighted by atomic mass is 9.70. The summed E-state index contributed by atoms with van der Waals surface area (Å²) in [5, 5.41) is 14.1. The second kappa shape index (κ2) is 6.86. The van der Waals surface area contributed by atoms with E-state index in [1.165, 1.54) is 12.8 Å². The standard InChI is InChI=1S/C23H29ClN2O3/c24-13-7-18-17-3-1-2-4-21(17)29-22(18)19(8-13)23(28)25-14-9-15-5-12-6-16(10-14)26(15)11-20(12)27/h7-8,12,14-17,20-21,27H,1-6,9-11H2,(H,25,28). The first-order chi connectivity index (χ1) is 14.1. The van der Waals surface area contributed by atoms with Crippen LogP contribution in [0, 0.1) is 5.92 Å². The highest BCUT2D eigenvalue weighted by Crippen LogP contribution is 2.48. The van der Waals surface area contributed by atoms with Gasteiger partial charge in [-0.2, -0.15) is 0 Å². The smallest absolute Gasteiger partial charge is 0.255 e. The van der Waals surface area contributed by atoms with E-state index < -0.39 is 0 Å². The van der Waals surface area contributed by atoms with Gasteiger partial charge in [0.2, 0.25) is 0 Å². The van der Waals surface area contributed by atoms with E-state index in [2.05, 4.69) is 10.2 Å². The van der Waals surface area contributed by atoms with E-state index in [1.807, 2.05) is 6.07 Å². The summed E-state index contributed by atoms with van der Waals surface area (Å²) in [5.41, 5.74) is 1.74. The third-order valence-corrected chi connectivity index (χ3v) is 8.39. The Morgan fingerprint density at radius 3 is 2.66 bits per heavy atom. The number of nitrogens with one attached hydrogen (secondary N) is 1. The van der Waals surface area contributed by atoms with Crippen molar-refractivity contribution in [3.05, 3.63) is 28.3 Å². The zero-order valence-electron chi connectivity index (χ0n) is 16.6. The van der Waals surface area contributed by atoms with Gasteiger partial charge in [-0.05, 0) is 63.0 Å². The van der Waals surface area contributed by atoms with E-state index in [0.29, 0.717) is 34.5 Å². The molecule has 4 bridgehead atoms. The number of piperidine rings is 4. The SMILES string of the molecule is O=C(NC1CC2CC3CC(C1)N2CC3O)c1cc(Cl)cc2c1OC1CCCCC21. The molecule has 0 aromatic heterocycles. The van der Waals surface area contributed by atoms with Gasteiger partial charge in [-0.3, -0.25) is 9.69 Å². The number of halogens is 1. The van der Waals surface area contributed by atoms with Crippen LogP contribution in [0.3, 0.4) is 0 Å². The van der Waals surface area contributed by atoms with Crippen molar-refractivity contribution in [2.24, 2.45) is 5.92 Å². The fourth-order valence-electron chi connectivity index (χ4n) is 6.87. The third kappa shape index (κ3) is 3.00. The molecule has 7 rings (SSSR count). The van der Waals surface area contributed by atoms with Gasteiger partial charge in [0, 0.05) is 41.2 Å². The predicted molar refractivity (Wildman–Crippen MR) is 111 cm³/mol. The molecule has 1 amide bonds. The van der Waals surface area contributed by atoms with Crippen LogP contribution in [-0.2, 0) is 0 Å². The number of aliphatic hydroxyl groups is 1. The van der Waals surface area contributed by atoms with Crippen LogP contribution in [0.25, 0.3) is 0 Å². The van der Waals surface area contributed by atoms with Crippen molar-refractivity contribution in [1.29, 1.82) is 0 Å². The number of carbonyl (C=O) groups is 1. The molecule has 5 nitrogen and oxygen atoms in total. The molecule has 2 N–H and O–H groups in total. The van der Waals surface area contributed by atoms with Gasteiger partial charge in [-0.15, -0.1) is 0 Å². The molecule has 5 fully saturated rings. The quantitative estimate of drug-likeness (QED) is 0.774. The maximum Gasteiger partial charge on any atom is 0.255 e. The van der Waals surface area contributed by atoms with Crippen LogP contribution in [0.15, 0.2) is 12.1 Å². The van der Waals surface area contributed by atoms with Crippen molar-refractivity contribution in [3.63, 3.8) is 0 Å². The average Bonchev–Trinajstić information content (AvgIpc) is 3.06. The van der Waals surface area contributed by atoms with Gasteiger partial charge in [0.25, 0.3) is 5.91 Å². The summed E-state index contributed by atoms with van der Waals surface area (Å²) in [5.74, 6) is 1.55. The first-order valence-electron chi connectivity index (χ1n) is 11.3. The van der Waals surface area contributed by atoms with Gasteiger partial charge in [0.05, 0.1) is 11.7 Å². The van der Waals surface area contributed by atoms with Crippen LogP contribution < -0.4 is 10.1 Å². The Bertz CT molecular complexity index is 830. The highest BCUT2D eigenvalue weighted by molar-refractivity contribution is 6.31. The average molecular weight is 417 g/mol. The molecule has 0 radical (unpaired) electrons. The van der Waals surface area contributed by atoms with Crippen molar-refractivity contribution in [1.82, 2.24) is 10.2 Å². The van der Waals surface area contributed by atoms with E-state index in [9.17, 15) is 9.90 Å². The number of benzene rings is 1. The van der Waals surface area contributed by atoms with Crippen LogP contribution in [-0.4, -0.2) is 52.8 Å². The summed E-state index contributed by atoms with van der Waals surface area (Å²) in [4.78, 5) is 15.7. The number of hydrogen-bond donors (Lipinski definition) is 2. The third-order valence-electron chi connectivity index (χ3n) is 8.18. The molecule has 5 aliphatic heterocycles. The van der Waals surface area contributed by atoms with E-state index in [4.69, 9.17) is 16.3 Å². The minimum atomic E-state index is -0.164. The van der Waals surface area contributed by atoms with Gasteiger partial charge in [-0.25, -0.2) is 0 Å². The number of rotatable bonds is 2.